The van der Waals surface area contributed by atoms with E-state index in [0.29, 0.717) is 24.2 Å². The fourth-order valence-corrected chi connectivity index (χ4v) is 1.71. The van der Waals surface area contributed by atoms with Crippen molar-refractivity contribution in [3.05, 3.63) is 35.4 Å². The van der Waals surface area contributed by atoms with E-state index in [1.54, 1.807) is 25.1 Å². The maximum absolute atomic E-state index is 11.9. The molecule has 1 aromatic rings. The van der Waals surface area contributed by atoms with E-state index >= 15 is 0 Å². The maximum Gasteiger partial charge on any atom is 0.337 e. The summed E-state index contributed by atoms with van der Waals surface area (Å²) in [5.74, 6) is -0.894. The molecule has 0 radical (unpaired) electrons. The average molecular weight is 278 g/mol. The minimum atomic E-state index is -0.480. The van der Waals surface area contributed by atoms with Crippen LogP contribution in [-0.4, -0.2) is 31.4 Å². The highest BCUT2D eigenvalue weighted by Gasteiger charge is 2.11. The number of rotatable bonds is 7. The lowest BCUT2D eigenvalue weighted by Crippen LogP contribution is -2.07. The number of carbonyl (C=O) groups is 3. The third kappa shape index (κ3) is 4.84. The summed E-state index contributed by atoms with van der Waals surface area (Å²) in [6.45, 7) is 2.08. The first-order chi connectivity index (χ1) is 9.58. The summed E-state index contributed by atoms with van der Waals surface area (Å²) in [5.41, 5.74) is 0.778. The van der Waals surface area contributed by atoms with Crippen molar-refractivity contribution >= 4 is 17.7 Å². The Hall–Kier alpha value is -2.17. The topological polar surface area (TPSA) is 69.7 Å². The molecule has 0 N–H and O–H groups in total. The summed E-state index contributed by atoms with van der Waals surface area (Å²) in [5, 5.41) is 0. The predicted octanol–water partition coefficient (Wildman–Crippen LogP) is 2.39. The summed E-state index contributed by atoms with van der Waals surface area (Å²) in [6.07, 6.45) is 0.889. The summed E-state index contributed by atoms with van der Waals surface area (Å²) in [4.78, 5) is 34.5. The van der Waals surface area contributed by atoms with Crippen LogP contribution < -0.4 is 0 Å². The second-order valence-electron chi connectivity index (χ2n) is 4.15. The van der Waals surface area contributed by atoms with Gasteiger partial charge in [-0.05, 0) is 25.5 Å². The first-order valence-corrected chi connectivity index (χ1v) is 6.45. The summed E-state index contributed by atoms with van der Waals surface area (Å²) >= 11 is 0. The maximum atomic E-state index is 11.9. The lowest BCUT2D eigenvalue weighted by Gasteiger charge is -2.04. The van der Waals surface area contributed by atoms with Crippen molar-refractivity contribution in [1.82, 2.24) is 0 Å². The third-order valence-electron chi connectivity index (χ3n) is 2.70. The Balaban J connectivity index is 2.55. The van der Waals surface area contributed by atoms with Gasteiger partial charge in [0.25, 0.3) is 0 Å². The molecule has 1 aromatic carbocycles. The molecule has 0 amide bonds. The normalized spacial score (nSPS) is 9.90. The predicted molar refractivity (Wildman–Crippen MR) is 72.6 cm³/mol. The van der Waals surface area contributed by atoms with E-state index in [2.05, 4.69) is 4.74 Å². The lowest BCUT2D eigenvalue weighted by atomic mass is 10.0. The minimum absolute atomic E-state index is 0.111. The largest absolute Gasteiger partial charge is 0.466 e. The summed E-state index contributed by atoms with van der Waals surface area (Å²) in [6, 6.07) is 6.35. The number of ketones is 1. The molecular weight excluding hydrogens is 260 g/mol. The minimum Gasteiger partial charge on any atom is -0.466 e. The average Bonchev–Trinajstić information content (AvgIpc) is 2.46. The second kappa shape index (κ2) is 8.09. The molecule has 0 saturated carbocycles. The molecular formula is C15H18O5. The monoisotopic (exact) mass is 278 g/mol. The quantitative estimate of drug-likeness (QED) is 0.565. The fraction of sp³-hybridized carbons (Fsp3) is 0.400. The van der Waals surface area contributed by atoms with Gasteiger partial charge in [-0.2, -0.15) is 0 Å². The first kappa shape index (κ1) is 15.9. The van der Waals surface area contributed by atoms with Gasteiger partial charge in [0.05, 0.1) is 19.3 Å². The fourth-order valence-electron chi connectivity index (χ4n) is 1.71. The Morgan fingerprint density at radius 3 is 2.45 bits per heavy atom. The zero-order valence-electron chi connectivity index (χ0n) is 11.7. The smallest absolute Gasteiger partial charge is 0.337 e. The van der Waals surface area contributed by atoms with Gasteiger partial charge < -0.3 is 9.47 Å². The number of carbonyl (C=O) groups excluding carboxylic acids is 3. The molecule has 20 heavy (non-hydrogen) atoms. The molecule has 0 aliphatic rings. The lowest BCUT2D eigenvalue weighted by molar-refractivity contribution is -0.143. The third-order valence-corrected chi connectivity index (χ3v) is 2.70. The first-order valence-electron chi connectivity index (χ1n) is 6.45. The molecule has 0 aliphatic carbocycles. The van der Waals surface area contributed by atoms with Gasteiger partial charge in [-0.15, -0.1) is 0 Å². The van der Waals surface area contributed by atoms with Gasteiger partial charge in [0.1, 0.15) is 0 Å². The molecule has 0 bridgehead atoms. The van der Waals surface area contributed by atoms with Crippen LogP contribution in [0.2, 0.25) is 0 Å². The molecule has 0 fully saturated rings. The highest BCUT2D eigenvalue weighted by atomic mass is 16.5. The van der Waals surface area contributed by atoms with Crippen molar-refractivity contribution in [1.29, 1.82) is 0 Å². The summed E-state index contributed by atoms with van der Waals surface area (Å²) in [7, 11) is 1.29. The molecule has 5 nitrogen and oxygen atoms in total. The molecule has 1 rings (SSSR count). The molecule has 0 aliphatic heterocycles. The van der Waals surface area contributed by atoms with Crippen molar-refractivity contribution in [2.75, 3.05) is 13.7 Å². The Kier molecular flexibility index (Phi) is 6.43. The molecule has 5 heteroatoms. The highest BCUT2D eigenvalue weighted by molar-refractivity contribution is 5.99. The van der Waals surface area contributed by atoms with Gasteiger partial charge in [-0.3, -0.25) is 9.59 Å². The zero-order chi connectivity index (χ0) is 15.0. The Labute approximate surface area is 117 Å². The molecule has 0 unspecified atom stereocenters. The second-order valence-corrected chi connectivity index (χ2v) is 4.15. The Bertz CT molecular complexity index is 493. The Morgan fingerprint density at radius 1 is 1.10 bits per heavy atom. The van der Waals surface area contributed by atoms with Gasteiger partial charge in [0.2, 0.25) is 0 Å². The Morgan fingerprint density at radius 2 is 1.80 bits per heavy atom. The van der Waals surface area contributed by atoms with Crippen LogP contribution in [0.3, 0.4) is 0 Å². The van der Waals surface area contributed by atoms with Crippen molar-refractivity contribution in [2.45, 2.75) is 26.2 Å². The molecule has 108 valence electrons. The van der Waals surface area contributed by atoms with Crippen LogP contribution in [-0.2, 0) is 14.3 Å². The van der Waals surface area contributed by atoms with Gasteiger partial charge >= 0.3 is 11.9 Å². The van der Waals surface area contributed by atoms with Crippen molar-refractivity contribution < 1.29 is 23.9 Å². The van der Waals surface area contributed by atoms with Crippen molar-refractivity contribution in [3.63, 3.8) is 0 Å². The van der Waals surface area contributed by atoms with Crippen molar-refractivity contribution in [2.24, 2.45) is 0 Å². The number of methoxy groups -OCH3 is 1. The molecule has 0 spiro atoms. The SMILES string of the molecule is CCOC(=O)CCCC(=O)c1cccc(C(=O)OC)c1. The number of benzene rings is 1. The van der Waals surface area contributed by atoms with Gasteiger partial charge in [0.15, 0.2) is 5.78 Å². The number of hydrogen-bond acceptors (Lipinski definition) is 5. The van der Waals surface area contributed by atoms with Crippen molar-refractivity contribution in [3.8, 4) is 0 Å². The highest BCUT2D eigenvalue weighted by Crippen LogP contribution is 2.11. The summed E-state index contributed by atoms with van der Waals surface area (Å²) < 4.78 is 9.38. The standard InChI is InChI=1S/C15H18O5/c1-3-20-14(17)9-5-8-13(16)11-6-4-7-12(10-11)15(18)19-2/h4,6-7,10H,3,5,8-9H2,1-2H3. The number of ether oxygens (including phenoxy) is 2. The number of Topliss-reactive ketones (excluding diaryl/α,β-unsaturated/α-hetero) is 1. The molecule has 0 heterocycles. The zero-order valence-corrected chi connectivity index (χ0v) is 11.7. The van der Waals surface area contributed by atoms with Crippen LogP contribution in [0.5, 0.6) is 0 Å². The van der Waals surface area contributed by atoms with Crippen LogP contribution in [0.4, 0.5) is 0 Å². The van der Waals surface area contributed by atoms with E-state index < -0.39 is 5.97 Å². The van der Waals surface area contributed by atoms with Crippen LogP contribution in [0.1, 0.15) is 46.9 Å². The molecule has 0 aromatic heterocycles. The number of hydrogen-bond donors (Lipinski definition) is 0. The van der Waals surface area contributed by atoms with Gasteiger partial charge in [0, 0.05) is 18.4 Å². The van der Waals surface area contributed by atoms with E-state index in [-0.39, 0.29) is 24.6 Å². The van der Waals surface area contributed by atoms with Crippen LogP contribution in [0, 0.1) is 0 Å². The molecule has 0 atom stereocenters. The van der Waals surface area contributed by atoms with E-state index in [9.17, 15) is 14.4 Å². The van der Waals surface area contributed by atoms with E-state index in [1.807, 2.05) is 0 Å². The van der Waals surface area contributed by atoms with Gasteiger partial charge in [-0.25, -0.2) is 4.79 Å². The van der Waals surface area contributed by atoms with E-state index in [0.717, 1.165) is 0 Å². The van der Waals surface area contributed by atoms with Crippen LogP contribution in [0.15, 0.2) is 24.3 Å². The van der Waals surface area contributed by atoms with Crippen LogP contribution >= 0.6 is 0 Å². The van der Waals surface area contributed by atoms with Crippen LogP contribution in [0.25, 0.3) is 0 Å². The number of esters is 2. The van der Waals surface area contributed by atoms with Gasteiger partial charge in [-0.1, -0.05) is 12.1 Å². The van der Waals surface area contributed by atoms with E-state index in [1.165, 1.54) is 13.2 Å². The molecule has 0 saturated heterocycles. The van der Waals surface area contributed by atoms with E-state index in [4.69, 9.17) is 4.74 Å².